The molecule has 112 valence electrons. The van der Waals surface area contributed by atoms with Crippen LogP contribution in [-0.4, -0.2) is 42.7 Å². The number of ether oxygens (including phenoxy) is 1. The quantitative estimate of drug-likeness (QED) is 0.864. The van der Waals surface area contributed by atoms with Crippen LogP contribution in [0.25, 0.3) is 0 Å². The molecule has 0 radical (unpaired) electrons. The lowest BCUT2D eigenvalue weighted by Crippen LogP contribution is -2.28. The molecule has 1 heterocycles. The standard InChI is InChI=1S/C17H21NO3/c1-3-13-8-9-18(12-13)17(20)15-6-7-16(21-2)14(11-15)5-4-10-19/h6-7,11,13,19H,3,8-10,12H2,1-2H3. The van der Waals surface area contributed by atoms with Crippen LogP contribution in [-0.2, 0) is 0 Å². The fraction of sp³-hybridized carbons (Fsp3) is 0.471. The number of carbonyl (C=O) groups is 1. The molecule has 4 heteroatoms. The highest BCUT2D eigenvalue weighted by molar-refractivity contribution is 5.95. The van der Waals surface area contributed by atoms with Gasteiger partial charge in [-0.05, 0) is 30.5 Å². The molecule has 0 saturated carbocycles. The summed E-state index contributed by atoms with van der Waals surface area (Å²) >= 11 is 0. The zero-order chi connectivity index (χ0) is 15.2. The number of carbonyl (C=O) groups excluding carboxylic acids is 1. The summed E-state index contributed by atoms with van der Waals surface area (Å²) in [6.45, 7) is 3.60. The van der Waals surface area contributed by atoms with Gasteiger partial charge in [0.25, 0.3) is 5.91 Å². The van der Waals surface area contributed by atoms with E-state index < -0.39 is 0 Å². The van der Waals surface area contributed by atoms with Crippen LogP contribution >= 0.6 is 0 Å². The Morgan fingerprint density at radius 2 is 2.33 bits per heavy atom. The van der Waals surface area contributed by atoms with E-state index in [4.69, 9.17) is 9.84 Å². The minimum absolute atomic E-state index is 0.0423. The molecule has 1 unspecified atom stereocenters. The van der Waals surface area contributed by atoms with Crippen molar-refractivity contribution in [3.63, 3.8) is 0 Å². The summed E-state index contributed by atoms with van der Waals surface area (Å²) in [6, 6.07) is 5.26. The van der Waals surface area contributed by atoms with Crippen molar-refractivity contribution < 1.29 is 14.6 Å². The van der Waals surface area contributed by atoms with Crippen LogP contribution in [0.15, 0.2) is 18.2 Å². The number of nitrogens with zero attached hydrogens (tertiary/aromatic N) is 1. The Balaban J connectivity index is 2.22. The van der Waals surface area contributed by atoms with Crippen molar-refractivity contribution in [3.8, 4) is 17.6 Å². The number of methoxy groups -OCH3 is 1. The van der Waals surface area contributed by atoms with Gasteiger partial charge in [0, 0.05) is 18.7 Å². The van der Waals surface area contributed by atoms with Crippen molar-refractivity contribution in [2.75, 3.05) is 26.8 Å². The number of aliphatic hydroxyl groups is 1. The third-order valence-electron chi connectivity index (χ3n) is 3.90. The molecular weight excluding hydrogens is 266 g/mol. The van der Waals surface area contributed by atoms with E-state index in [2.05, 4.69) is 18.8 Å². The van der Waals surface area contributed by atoms with Crippen LogP contribution in [0.4, 0.5) is 0 Å². The zero-order valence-corrected chi connectivity index (χ0v) is 12.6. The van der Waals surface area contributed by atoms with Gasteiger partial charge in [0.1, 0.15) is 12.4 Å². The van der Waals surface area contributed by atoms with Gasteiger partial charge in [-0.25, -0.2) is 0 Å². The molecule has 2 rings (SSSR count). The molecule has 0 aromatic heterocycles. The van der Waals surface area contributed by atoms with Crippen molar-refractivity contribution in [1.29, 1.82) is 0 Å². The topological polar surface area (TPSA) is 49.8 Å². The first kappa shape index (κ1) is 15.4. The molecule has 1 atom stereocenters. The summed E-state index contributed by atoms with van der Waals surface area (Å²) < 4.78 is 5.23. The van der Waals surface area contributed by atoms with E-state index in [0.717, 1.165) is 25.9 Å². The highest BCUT2D eigenvalue weighted by Crippen LogP contribution is 2.24. The number of likely N-dealkylation sites (tertiary alicyclic amines) is 1. The van der Waals surface area contributed by atoms with Gasteiger partial charge in [-0.2, -0.15) is 0 Å². The third kappa shape index (κ3) is 3.56. The fourth-order valence-electron chi connectivity index (χ4n) is 2.61. The minimum Gasteiger partial charge on any atom is -0.495 e. The average molecular weight is 287 g/mol. The number of rotatable bonds is 3. The van der Waals surface area contributed by atoms with Crippen molar-refractivity contribution in [2.24, 2.45) is 5.92 Å². The molecule has 0 bridgehead atoms. The first-order chi connectivity index (χ1) is 10.2. The second-order valence-corrected chi connectivity index (χ2v) is 5.19. The predicted octanol–water partition coefficient (Wildman–Crippen LogP) is 1.91. The van der Waals surface area contributed by atoms with E-state index in [-0.39, 0.29) is 12.5 Å². The van der Waals surface area contributed by atoms with Gasteiger partial charge in [-0.3, -0.25) is 4.79 Å². The van der Waals surface area contributed by atoms with Gasteiger partial charge in [-0.1, -0.05) is 25.2 Å². The van der Waals surface area contributed by atoms with E-state index in [0.29, 0.717) is 22.8 Å². The molecule has 4 nitrogen and oxygen atoms in total. The predicted molar refractivity (Wildman–Crippen MR) is 81.3 cm³/mol. The maximum atomic E-state index is 12.5. The summed E-state index contributed by atoms with van der Waals surface area (Å²) in [7, 11) is 1.56. The molecule has 1 fully saturated rings. The number of hydrogen-bond donors (Lipinski definition) is 1. The number of aliphatic hydroxyl groups excluding tert-OH is 1. The first-order valence-corrected chi connectivity index (χ1v) is 7.26. The monoisotopic (exact) mass is 287 g/mol. The van der Waals surface area contributed by atoms with Crippen molar-refractivity contribution in [3.05, 3.63) is 29.3 Å². The van der Waals surface area contributed by atoms with E-state index in [9.17, 15) is 4.79 Å². The second-order valence-electron chi connectivity index (χ2n) is 5.19. The van der Waals surface area contributed by atoms with E-state index in [1.165, 1.54) is 0 Å². The lowest BCUT2D eigenvalue weighted by molar-refractivity contribution is 0.0787. The normalized spacial score (nSPS) is 17.3. The molecule has 1 aliphatic heterocycles. The Hall–Kier alpha value is -1.99. The first-order valence-electron chi connectivity index (χ1n) is 7.26. The number of benzene rings is 1. The molecule has 1 aliphatic rings. The number of amides is 1. The molecule has 21 heavy (non-hydrogen) atoms. The lowest BCUT2D eigenvalue weighted by Gasteiger charge is -2.17. The fourth-order valence-corrected chi connectivity index (χ4v) is 2.61. The summed E-state index contributed by atoms with van der Waals surface area (Å²) in [5.74, 6) is 6.68. The highest BCUT2D eigenvalue weighted by atomic mass is 16.5. The molecule has 1 aromatic rings. The number of hydrogen-bond acceptors (Lipinski definition) is 3. The van der Waals surface area contributed by atoms with E-state index in [1.807, 2.05) is 4.90 Å². The van der Waals surface area contributed by atoms with E-state index >= 15 is 0 Å². The van der Waals surface area contributed by atoms with Crippen LogP contribution in [0.3, 0.4) is 0 Å². The van der Waals surface area contributed by atoms with Crippen LogP contribution in [0.1, 0.15) is 35.7 Å². The summed E-state index contributed by atoms with van der Waals surface area (Å²) in [5.41, 5.74) is 1.25. The van der Waals surface area contributed by atoms with Gasteiger partial charge in [-0.15, -0.1) is 0 Å². The Morgan fingerprint density at radius 1 is 1.52 bits per heavy atom. The minimum atomic E-state index is -0.217. The molecular formula is C17H21NO3. The van der Waals surface area contributed by atoms with Crippen LogP contribution in [0, 0.1) is 17.8 Å². The Labute approximate surface area is 125 Å². The summed E-state index contributed by atoms with van der Waals surface area (Å²) in [4.78, 5) is 14.4. The molecule has 1 N–H and O–H groups in total. The van der Waals surface area contributed by atoms with Crippen molar-refractivity contribution in [2.45, 2.75) is 19.8 Å². The zero-order valence-electron chi connectivity index (χ0n) is 12.6. The molecule has 1 aromatic carbocycles. The smallest absolute Gasteiger partial charge is 0.253 e. The second kappa shape index (κ2) is 7.14. The Morgan fingerprint density at radius 3 is 2.95 bits per heavy atom. The molecule has 0 spiro atoms. The van der Waals surface area contributed by atoms with Gasteiger partial charge >= 0.3 is 0 Å². The van der Waals surface area contributed by atoms with Crippen LogP contribution in [0.5, 0.6) is 5.75 Å². The van der Waals surface area contributed by atoms with Gasteiger partial charge in [0.2, 0.25) is 0 Å². The van der Waals surface area contributed by atoms with E-state index in [1.54, 1.807) is 25.3 Å². The maximum Gasteiger partial charge on any atom is 0.253 e. The molecule has 1 saturated heterocycles. The third-order valence-corrected chi connectivity index (χ3v) is 3.90. The summed E-state index contributed by atoms with van der Waals surface area (Å²) in [6.07, 6.45) is 2.19. The maximum absolute atomic E-state index is 12.5. The van der Waals surface area contributed by atoms with Crippen LogP contribution < -0.4 is 4.74 Å². The lowest BCUT2D eigenvalue weighted by atomic mass is 10.1. The van der Waals surface area contributed by atoms with Gasteiger partial charge < -0.3 is 14.7 Å². The Kier molecular flexibility index (Phi) is 5.24. The highest BCUT2D eigenvalue weighted by Gasteiger charge is 2.26. The molecule has 0 aliphatic carbocycles. The SMILES string of the molecule is CCC1CCN(C(=O)c2ccc(OC)c(C#CCO)c2)C1. The van der Waals surface area contributed by atoms with Gasteiger partial charge in [0.05, 0.1) is 12.7 Å². The van der Waals surface area contributed by atoms with Crippen molar-refractivity contribution >= 4 is 5.91 Å². The van der Waals surface area contributed by atoms with Crippen molar-refractivity contribution in [1.82, 2.24) is 4.90 Å². The largest absolute Gasteiger partial charge is 0.495 e. The van der Waals surface area contributed by atoms with Gasteiger partial charge in [0.15, 0.2) is 0 Å². The molecule has 1 amide bonds. The average Bonchev–Trinajstić information content (AvgIpc) is 3.00. The van der Waals surface area contributed by atoms with Crippen LogP contribution in [0.2, 0.25) is 0 Å². The summed E-state index contributed by atoms with van der Waals surface area (Å²) in [5, 5.41) is 8.81. The Bertz CT molecular complexity index is 571.